The van der Waals surface area contributed by atoms with Gasteiger partial charge in [0, 0.05) is 19.6 Å². The molecule has 0 bridgehead atoms. The van der Waals surface area contributed by atoms with Crippen LogP contribution in [0.15, 0.2) is 6.07 Å². The number of nitrogen functional groups attached to an aromatic ring is 1. The van der Waals surface area contributed by atoms with E-state index in [0.717, 1.165) is 37.6 Å². The van der Waals surface area contributed by atoms with Gasteiger partial charge in [0.15, 0.2) is 0 Å². The Labute approximate surface area is 115 Å². The monoisotopic (exact) mass is 260 g/mol. The van der Waals surface area contributed by atoms with Gasteiger partial charge >= 0.3 is 0 Å². The van der Waals surface area contributed by atoms with Crippen LogP contribution in [0.1, 0.15) is 39.3 Å². The van der Waals surface area contributed by atoms with E-state index in [4.69, 9.17) is 5.73 Å². The molecule has 0 unspecified atom stereocenters. The average Bonchev–Trinajstić information content (AvgIpc) is 2.65. The van der Waals surface area contributed by atoms with Crippen molar-refractivity contribution in [3.63, 3.8) is 0 Å². The quantitative estimate of drug-likeness (QED) is 0.909. The first-order valence-electron chi connectivity index (χ1n) is 7.20. The molecule has 2 rings (SSSR count). The van der Waals surface area contributed by atoms with Gasteiger partial charge in [0.25, 0.3) is 0 Å². The Morgan fingerprint density at radius 2 is 2.00 bits per heavy atom. The lowest BCUT2D eigenvalue weighted by molar-refractivity contribution is 0.353. The Bertz CT molecular complexity index is 473. The van der Waals surface area contributed by atoms with Gasteiger partial charge in [0.1, 0.15) is 17.6 Å². The minimum absolute atomic E-state index is 0.679. The molecule has 0 saturated carbocycles. The van der Waals surface area contributed by atoms with E-state index in [1.807, 2.05) is 6.07 Å². The van der Waals surface area contributed by atoms with Gasteiger partial charge in [-0.1, -0.05) is 20.8 Å². The van der Waals surface area contributed by atoms with E-state index in [2.05, 4.69) is 36.3 Å². The van der Waals surface area contributed by atoms with E-state index in [-0.39, 0.29) is 0 Å². The van der Waals surface area contributed by atoms with E-state index in [0.29, 0.717) is 17.5 Å². The molecule has 2 heterocycles. The van der Waals surface area contributed by atoms with Gasteiger partial charge in [0.05, 0.1) is 5.69 Å². The Morgan fingerprint density at radius 3 is 2.53 bits per heavy atom. The van der Waals surface area contributed by atoms with E-state index in [1.54, 1.807) is 0 Å². The summed E-state index contributed by atoms with van der Waals surface area (Å²) in [5, 5.41) is 9.24. The lowest BCUT2D eigenvalue weighted by Crippen LogP contribution is -2.40. The number of anilines is 2. The molecule has 4 heteroatoms. The standard InChI is InChI=1S/C15H24N4/c1-4-5-19-13(8-16)7-14(17)15(19)18-9-11(2)6-12(3)10-18/h7,11-12H,4-6,9-10,17H2,1-3H3/t11-,12-/m1/s1. The third-order valence-corrected chi connectivity index (χ3v) is 3.83. The molecule has 1 fully saturated rings. The van der Waals surface area contributed by atoms with Gasteiger partial charge in [-0.15, -0.1) is 0 Å². The molecule has 1 aromatic rings. The van der Waals surface area contributed by atoms with Gasteiger partial charge in [0.2, 0.25) is 0 Å². The zero-order valence-electron chi connectivity index (χ0n) is 12.2. The Balaban J connectivity index is 2.38. The van der Waals surface area contributed by atoms with Crippen molar-refractivity contribution in [3.8, 4) is 6.07 Å². The minimum Gasteiger partial charge on any atom is -0.396 e. The van der Waals surface area contributed by atoms with Crippen LogP contribution in [0, 0.1) is 23.2 Å². The number of aromatic nitrogens is 1. The maximum absolute atomic E-state index is 9.24. The molecule has 1 aliphatic rings. The fourth-order valence-corrected chi connectivity index (χ4v) is 3.29. The Morgan fingerprint density at radius 1 is 1.37 bits per heavy atom. The van der Waals surface area contributed by atoms with Gasteiger partial charge < -0.3 is 15.2 Å². The number of hydrogen-bond donors (Lipinski definition) is 1. The fraction of sp³-hybridized carbons (Fsp3) is 0.667. The highest BCUT2D eigenvalue weighted by Gasteiger charge is 2.26. The summed E-state index contributed by atoms with van der Waals surface area (Å²) in [5.74, 6) is 2.41. The summed E-state index contributed by atoms with van der Waals surface area (Å²) in [5.41, 5.74) is 7.58. The molecule has 0 amide bonds. The molecule has 19 heavy (non-hydrogen) atoms. The highest BCUT2D eigenvalue weighted by molar-refractivity contribution is 5.68. The van der Waals surface area contributed by atoms with Gasteiger partial charge in [-0.3, -0.25) is 0 Å². The van der Waals surface area contributed by atoms with Gasteiger partial charge in [-0.05, 0) is 30.7 Å². The largest absolute Gasteiger partial charge is 0.396 e. The normalized spacial score (nSPS) is 23.4. The van der Waals surface area contributed by atoms with Crippen LogP contribution in [0.4, 0.5) is 11.5 Å². The van der Waals surface area contributed by atoms with Gasteiger partial charge in [-0.2, -0.15) is 5.26 Å². The smallest absolute Gasteiger partial charge is 0.133 e. The lowest BCUT2D eigenvalue weighted by Gasteiger charge is -2.37. The third-order valence-electron chi connectivity index (χ3n) is 3.83. The van der Waals surface area contributed by atoms with Crippen molar-refractivity contribution in [3.05, 3.63) is 11.8 Å². The van der Waals surface area contributed by atoms with Crippen molar-refractivity contribution in [2.24, 2.45) is 11.8 Å². The van der Waals surface area contributed by atoms with E-state index in [9.17, 15) is 5.26 Å². The average molecular weight is 260 g/mol. The second kappa shape index (κ2) is 5.56. The first-order valence-corrected chi connectivity index (χ1v) is 7.20. The molecule has 104 valence electrons. The van der Waals surface area contributed by atoms with Crippen LogP contribution < -0.4 is 10.6 Å². The number of nitrogens with two attached hydrogens (primary N) is 1. The predicted octanol–water partition coefficient (Wildman–Crippen LogP) is 2.83. The molecule has 2 atom stereocenters. The van der Waals surface area contributed by atoms with E-state index in [1.165, 1.54) is 6.42 Å². The number of hydrogen-bond acceptors (Lipinski definition) is 3. The first-order chi connectivity index (χ1) is 9.06. The number of rotatable bonds is 3. The number of nitriles is 1. The van der Waals surface area contributed by atoms with Crippen LogP contribution in [0.25, 0.3) is 0 Å². The summed E-state index contributed by atoms with van der Waals surface area (Å²) in [6, 6.07) is 4.07. The fourth-order valence-electron chi connectivity index (χ4n) is 3.29. The van der Waals surface area contributed by atoms with Crippen LogP contribution in [0.5, 0.6) is 0 Å². The highest BCUT2D eigenvalue weighted by atomic mass is 15.3. The summed E-state index contributed by atoms with van der Waals surface area (Å²) in [6.45, 7) is 9.63. The molecule has 0 spiro atoms. The Hall–Kier alpha value is -1.63. The molecular formula is C15H24N4. The molecule has 0 aromatic carbocycles. The van der Waals surface area contributed by atoms with Crippen LogP contribution in [-0.4, -0.2) is 17.7 Å². The minimum atomic E-state index is 0.679. The molecular weight excluding hydrogens is 236 g/mol. The van der Waals surface area contributed by atoms with Gasteiger partial charge in [-0.25, -0.2) is 0 Å². The van der Waals surface area contributed by atoms with Crippen LogP contribution in [0.2, 0.25) is 0 Å². The molecule has 4 nitrogen and oxygen atoms in total. The third kappa shape index (κ3) is 2.70. The molecule has 0 radical (unpaired) electrons. The lowest BCUT2D eigenvalue weighted by atomic mass is 9.92. The van der Waals surface area contributed by atoms with Crippen LogP contribution >= 0.6 is 0 Å². The SMILES string of the molecule is CCCn1c(C#N)cc(N)c1N1C[C@H](C)C[C@@H](C)C1. The van der Waals surface area contributed by atoms with Crippen molar-refractivity contribution in [2.45, 2.75) is 40.2 Å². The summed E-state index contributed by atoms with van der Waals surface area (Å²) in [4.78, 5) is 2.37. The predicted molar refractivity (Wildman–Crippen MR) is 79.0 cm³/mol. The maximum atomic E-state index is 9.24. The first kappa shape index (κ1) is 13.8. The van der Waals surface area contributed by atoms with Crippen molar-refractivity contribution in [1.82, 2.24) is 4.57 Å². The van der Waals surface area contributed by atoms with Crippen molar-refractivity contribution >= 4 is 11.5 Å². The number of piperidine rings is 1. The van der Waals surface area contributed by atoms with Crippen LogP contribution in [-0.2, 0) is 6.54 Å². The summed E-state index contributed by atoms with van der Waals surface area (Å²) in [7, 11) is 0. The molecule has 1 aliphatic heterocycles. The summed E-state index contributed by atoms with van der Waals surface area (Å²) >= 11 is 0. The van der Waals surface area contributed by atoms with E-state index >= 15 is 0 Å². The molecule has 1 aromatic heterocycles. The second-order valence-electron chi connectivity index (χ2n) is 5.92. The number of nitrogens with zero attached hydrogens (tertiary/aromatic N) is 3. The Kier molecular flexibility index (Phi) is 4.04. The van der Waals surface area contributed by atoms with E-state index < -0.39 is 0 Å². The summed E-state index contributed by atoms with van der Waals surface area (Å²) in [6.07, 6.45) is 2.28. The summed E-state index contributed by atoms with van der Waals surface area (Å²) < 4.78 is 2.08. The second-order valence-corrected chi connectivity index (χ2v) is 5.92. The zero-order valence-corrected chi connectivity index (χ0v) is 12.2. The van der Waals surface area contributed by atoms with Crippen molar-refractivity contribution < 1.29 is 0 Å². The van der Waals surface area contributed by atoms with Crippen molar-refractivity contribution in [2.75, 3.05) is 23.7 Å². The molecule has 2 N–H and O–H groups in total. The maximum Gasteiger partial charge on any atom is 0.133 e. The highest BCUT2D eigenvalue weighted by Crippen LogP contribution is 2.33. The molecule has 0 aliphatic carbocycles. The topological polar surface area (TPSA) is 58.0 Å². The van der Waals surface area contributed by atoms with Crippen LogP contribution in [0.3, 0.4) is 0 Å². The zero-order chi connectivity index (χ0) is 14.0. The van der Waals surface area contributed by atoms with Crippen molar-refractivity contribution in [1.29, 1.82) is 5.26 Å². The molecule has 1 saturated heterocycles.